The summed E-state index contributed by atoms with van der Waals surface area (Å²) in [6, 6.07) is 3.95. The number of carboxylic acid groups (broad SMARTS) is 1. The Morgan fingerprint density at radius 3 is 2.65 bits per heavy atom. The predicted octanol–water partition coefficient (Wildman–Crippen LogP) is 2.23. The monoisotopic (exact) mass is 319 g/mol. The fourth-order valence-electron chi connectivity index (χ4n) is 1.31. The van der Waals surface area contributed by atoms with E-state index in [0.29, 0.717) is 6.54 Å². The lowest BCUT2D eigenvalue weighted by atomic mass is 10.1. The van der Waals surface area contributed by atoms with Crippen LogP contribution in [0.1, 0.15) is 11.8 Å². The van der Waals surface area contributed by atoms with Crippen molar-refractivity contribution in [1.29, 1.82) is 0 Å². The van der Waals surface area contributed by atoms with Gasteiger partial charge in [-0.25, -0.2) is 0 Å². The van der Waals surface area contributed by atoms with E-state index in [1.54, 1.807) is 18.4 Å². The SMILES string of the molecule is CC(C(=O)O)C(=O)N(C)CCc1ccc(Br)s1. The lowest BCUT2D eigenvalue weighted by Crippen LogP contribution is -2.36. The molecule has 4 nitrogen and oxygen atoms in total. The number of halogens is 1. The van der Waals surface area contributed by atoms with Gasteiger partial charge >= 0.3 is 5.97 Å². The topological polar surface area (TPSA) is 57.6 Å². The summed E-state index contributed by atoms with van der Waals surface area (Å²) >= 11 is 4.99. The molecule has 1 N–H and O–H groups in total. The maximum atomic E-state index is 11.7. The summed E-state index contributed by atoms with van der Waals surface area (Å²) in [6.07, 6.45) is 0.741. The lowest BCUT2D eigenvalue weighted by Gasteiger charge is -2.18. The molecule has 6 heteroatoms. The fourth-order valence-corrected chi connectivity index (χ4v) is 2.78. The molecule has 0 bridgehead atoms. The van der Waals surface area contributed by atoms with Crippen LogP contribution < -0.4 is 0 Å². The maximum Gasteiger partial charge on any atom is 0.315 e. The number of nitrogens with zero attached hydrogens (tertiary/aromatic N) is 1. The van der Waals surface area contributed by atoms with Crippen molar-refractivity contribution in [2.45, 2.75) is 13.3 Å². The summed E-state index contributed by atoms with van der Waals surface area (Å²) in [5.74, 6) is -2.41. The van der Waals surface area contributed by atoms with Crippen LogP contribution in [0.25, 0.3) is 0 Å². The summed E-state index contributed by atoms with van der Waals surface area (Å²) in [7, 11) is 1.63. The van der Waals surface area contributed by atoms with Crippen LogP contribution in [0, 0.1) is 5.92 Å². The van der Waals surface area contributed by atoms with Gasteiger partial charge in [0.1, 0.15) is 5.92 Å². The van der Waals surface area contributed by atoms with Crippen LogP contribution in [0.3, 0.4) is 0 Å². The van der Waals surface area contributed by atoms with E-state index in [0.717, 1.165) is 10.2 Å². The van der Waals surface area contributed by atoms with E-state index >= 15 is 0 Å². The van der Waals surface area contributed by atoms with Crippen molar-refractivity contribution in [3.8, 4) is 0 Å². The average Bonchev–Trinajstić information content (AvgIpc) is 2.69. The first-order valence-electron chi connectivity index (χ1n) is 5.14. The van der Waals surface area contributed by atoms with Gasteiger partial charge in [0, 0.05) is 18.5 Å². The van der Waals surface area contributed by atoms with Crippen LogP contribution in [0.15, 0.2) is 15.9 Å². The van der Waals surface area contributed by atoms with Gasteiger partial charge in [-0.1, -0.05) is 0 Å². The number of aliphatic carboxylic acids is 1. The first kappa shape index (κ1) is 14.2. The van der Waals surface area contributed by atoms with Crippen LogP contribution in [0.4, 0.5) is 0 Å². The molecule has 1 unspecified atom stereocenters. The molecule has 0 aliphatic carbocycles. The number of amides is 1. The molecular formula is C11H14BrNO3S. The van der Waals surface area contributed by atoms with Crippen LogP contribution >= 0.6 is 27.3 Å². The summed E-state index contributed by atoms with van der Waals surface area (Å²) < 4.78 is 1.06. The van der Waals surface area contributed by atoms with Gasteiger partial charge in [0.05, 0.1) is 3.79 Å². The second kappa shape index (κ2) is 6.16. The molecule has 0 fully saturated rings. The molecule has 0 saturated heterocycles. The van der Waals surface area contributed by atoms with E-state index in [-0.39, 0.29) is 5.91 Å². The number of hydrogen-bond donors (Lipinski definition) is 1. The standard InChI is InChI=1S/C11H14BrNO3S/c1-7(11(15)16)10(14)13(2)6-5-8-3-4-9(12)17-8/h3-4,7H,5-6H2,1-2H3,(H,15,16). The molecular weight excluding hydrogens is 306 g/mol. The Morgan fingerprint density at radius 2 is 2.18 bits per heavy atom. The minimum absolute atomic E-state index is 0.354. The lowest BCUT2D eigenvalue weighted by molar-refractivity contribution is -0.149. The molecule has 1 heterocycles. The average molecular weight is 320 g/mol. The summed E-state index contributed by atoms with van der Waals surface area (Å²) in [5, 5.41) is 8.74. The largest absolute Gasteiger partial charge is 0.481 e. The minimum Gasteiger partial charge on any atom is -0.481 e. The number of rotatable bonds is 5. The van der Waals surface area contributed by atoms with Gasteiger partial charge in [-0.3, -0.25) is 9.59 Å². The summed E-state index contributed by atoms with van der Waals surface area (Å²) in [4.78, 5) is 25.0. The molecule has 1 rings (SSSR count). The van der Waals surface area contributed by atoms with Crippen LogP contribution in [0.2, 0.25) is 0 Å². The molecule has 0 aliphatic heterocycles. The first-order chi connectivity index (χ1) is 7.91. The number of likely N-dealkylation sites (N-methyl/N-ethyl adjacent to an activating group) is 1. The molecule has 1 amide bonds. The Morgan fingerprint density at radius 1 is 1.53 bits per heavy atom. The van der Waals surface area contributed by atoms with Crippen LogP contribution in [-0.2, 0) is 16.0 Å². The summed E-state index contributed by atoms with van der Waals surface area (Å²) in [5.41, 5.74) is 0. The van der Waals surface area contributed by atoms with Crippen molar-refractivity contribution in [2.24, 2.45) is 5.92 Å². The molecule has 0 aromatic carbocycles. The fraction of sp³-hybridized carbons (Fsp3) is 0.455. The highest BCUT2D eigenvalue weighted by Crippen LogP contribution is 2.22. The molecule has 94 valence electrons. The van der Waals surface area contributed by atoms with E-state index in [4.69, 9.17) is 5.11 Å². The van der Waals surface area contributed by atoms with Crippen molar-refractivity contribution in [3.05, 3.63) is 20.8 Å². The molecule has 17 heavy (non-hydrogen) atoms. The normalized spacial score (nSPS) is 12.2. The maximum absolute atomic E-state index is 11.7. The third-order valence-electron chi connectivity index (χ3n) is 2.44. The van der Waals surface area contributed by atoms with Crippen molar-refractivity contribution in [1.82, 2.24) is 4.90 Å². The number of carboxylic acids is 1. The number of carbonyl (C=O) groups excluding carboxylic acids is 1. The quantitative estimate of drug-likeness (QED) is 0.847. The molecule has 1 aromatic rings. The van der Waals surface area contributed by atoms with Gasteiger partial charge in [0.25, 0.3) is 0 Å². The zero-order chi connectivity index (χ0) is 13.0. The third kappa shape index (κ3) is 4.12. The Bertz CT molecular complexity index is 419. The highest BCUT2D eigenvalue weighted by Gasteiger charge is 2.23. The molecule has 0 spiro atoms. The van der Waals surface area contributed by atoms with E-state index in [2.05, 4.69) is 15.9 Å². The van der Waals surface area contributed by atoms with E-state index in [1.165, 1.54) is 16.7 Å². The first-order valence-corrected chi connectivity index (χ1v) is 6.74. The van der Waals surface area contributed by atoms with Crippen molar-refractivity contribution in [2.75, 3.05) is 13.6 Å². The zero-order valence-electron chi connectivity index (χ0n) is 9.64. The molecule has 1 atom stereocenters. The predicted molar refractivity (Wildman–Crippen MR) is 70.2 cm³/mol. The smallest absolute Gasteiger partial charge is 0.315 e. The number of hydrogen-bond acceptors (Lipinski definition) is 3. The van der Waals surface area contributed by atoms with E-state index in [1.807, 2.05) is 12.1 Å². The van der Waals surface area contributed by atoms with Crippen LogP contribution in [-0.4, -0.2) is 35.5 Å². The Balaban J connectivity index is 2.47. The van der Waals surface area contributed by atoms with Crippen molar-refractivity contribution >= 4 is 39.1 Å². The second-order valence-corrected chi connectivity index (χ2v) is 6.32. The third-order valence-corrected chi connectivity index (χ3v) is 4.12. The number of thiophene rings is 1. The summed E-state index contributed by atoms with van der Waals surface area (Å²) in [6.45, 7) is 1.94. The van der Waals surface area contributed by atoms with Gasteiger partial charge in [-0.05, 0) is 41.4 Å². The zero-order valence-corrected chi connectivity index (χ0v) is 12.0. The van der Waals surface area contributed by atoms with Gasteiger partial charge in [-0.2, -0.15) is 0 Å². The molecule has 0 aliphatic rings. The Hall–Kier alpha value is -0.880. The minimum atomic E-state index is -1.08. The van der Waals surface area contributed by atoms with Gasteiger partial charge in [0.2, 0.25) is 5.91 Å². The second-order valence-electron chi connectivity index (χ2n) is 3.78. The highest BCUT2D eigenvalue weighted by molar-refractivity contribution is 9.11. The van der Waals surface area contributed by atoms with Gasteiger partial charge < -0.3 is 10.0 Å². The van der Waals surface area contributed by atoms with E-state index < -0.39 is 11.9 Å². The van der Waals surface area contributed by atoms with Crippen molar-refractivity contribution in [3.63, 3.8) is 0 Å². The van der Waals surface area contributed by atoms with Crippen LogP contribution in [0.5, 0.6) is 0 Å². The van der Waals surface area contributed by atoms with Gasteiger partial charge in [0.15, 0.2) is 0 Å². The Labute approximate surface area is 112 Å². The van der Waals surface area contributed by atoms with E-state index in [9.17, 15) is 9.59 Å². The van der Waals surface area contributed by atoms with Crippen molar-refractivity contribution < 1.29 is 14.7 Å². The highest BCUT2D eigenvalue weighted by atomic mass is 79.9. The number of carbonyl (C=O) groups is 2. The molecule has 1 aromatic heterocycles. The molecule has 0 radical (unpaired) electrons. The van der Waals surface area contributed by atoms with Gasteiger partial charge in [-0.15, -0.1) is 11.3 Å². The molecule has 0 saturated carbocycles. The Kier molecular flexibility index (Phi) is 5.14.